The molecule has 84 valence electrons. The molecular formula is C13H8ClFN2. The standard InChI is InChI=1S/C13H8ClFN2/c14-9-5-6-17-8-12(16-13(17)7-9)10-3-1-2-4-11(10)15/h1-8H. The van der Waals surface area contributed by atoms with Crippen LogP contribution in [0.25, 0.3) is 16.9 Å². The first-order valence-corrected chi connectivity index (χ1v) is 5.51. The van der Waals surface area contributed by atoms with Crippen LogP contribution in [0.5, 0.6) is 0 Å². The molecule has 0 amide bonds. The van der Waals surface area contributed by atoms with Gasteiger partial charge in [-0.05, 0) is 18.2 Å². The largest absolute Gasteiger partial charge is 0.306 e. The van der Waals surface area contributed by atoms with Crippen LogP contribution in [-0.2, 0) is 0 Å². The number of rotatable bonds is 1. The maximum atomic E-state index is 13.6. The highest BCUT2D eigenvalue weighted by Gasteiger charge is 2.08. The molecule has 0 aliphatic carbocycles. The first kappa shape index (κ1) is 10.3. The summed E-state index contributed by atoms with van der Waals surface area (Å²) in [7, 11) is 0. The van der Waals surface area contributed by atoms with Crippen LogP contribution in [0.4, 0.5) is 4.39 Å². The SMILES string of the molecule is Fc1ccccc1-c1cn2ccc(Cl)cc2n1. The first-order valence-electron chi connectivity index (χ1n) is 5.13. The Morgan fingerprint density at radius 1 is 1.18 bits per heavy atom. The summed E-state index contributed by atoms with van der Waals surface area (Å²) >= 11 is 5.88. The molecule has 2 nitrogen and oxygen atoms in total. The van der Waals surface area contributed by atoms with E-state index in [0.717, 1.165) is 0 Å². The zero-order valence-electron chi connectivity index (χ0n) is 8.77. The Balaban J connectivity index is 2.22. The first-order chi connectivity index (χ1) is 8.24. The molecule has 2 aromatic heterocycles. The molecule has 2 heterocycles. The van der Waals surface area contributed by atoms with Crippen molar-refractivity contribution in [3.8, 4) is 11.3 Å². The fourth-order valence-corrected chi connectivity index (χ4v) is 1.91. The summed E-state index contributed by atoms with van der Waals surface area (Å²) in [6.07, 6.45) is 3.58. The van der Waals surface area contributed by atoms with Crippen LogP contribution < -0.4 is 0 Å². The minimum Gasteiger partial charge on any atom is -0.306 e. The van der Waals surface area contributed by atoms with Crippen LogP contribution in [0.15, 0.2) is 48.8 Å². The van der Waals surface area contributed by atoms with E-state index in [9.17, 15) is 4.39 Å². The molecule has 0 aliphatic heterocycles. The molecule has 0 saturated heterocycles. The van der Waals surface area contributed by atoms with Crippen molar-refractivity contribution in [2.24, 2.45) is 0 Å². The fourth-order valence-electron chi connectivity index (χ4n) is 1.76. The van der Waals surface area contributed by atoms with E-state index in [1.807, 2.05) is 4.40 Å². The molecule has 0 N–H and O–H groups in total. The molecule has 3 aromatic rings. The number of benzene rings is 1. The van der Waals surface area contributed by atoms with Gasteiger partial charge in [-0.15, -0.1) is 0 Å². The number of halogens is 2. The third-order valence-electron chi connectivity index (χ3n) is 2.57. The summed E-state index contributed by atoms with van der Waals surface area (Å²) in [6, 6.07) is 10.1. The zero-order valence-corrected chi connectivity index (χ0v) is 9.53. The average molecular weight is 247 g/mol. The van der Waals surface area contributed by atoms with E-state index in [0.29, 0.717) is 21.9 Å². The molecule has 0 saturated carbocycles. The summed E-state index contributed by atoms with van der Waals surface area (Å²) in [5, 5.41) is 0.614. The molecule has 4 heteroatoms. The highest BCUT2D eigenvalue weighted by Crippen LogP contribution is 2.23. The lowest BCUT2D eigenvalue weighted by Crippen LogP contribution is -1.82. The summed E-state index contributed by atoms with van der Waals surface area (Å²) in [5.74, 6) is -0.276. The van der Waals surface area contributed by atoms with Gasteiger partial charge in [0.2, 0.25) is 0 Å². The maximum Gasteiger partial charge on any atom is 0.138 e. The number of pyridine rings is 1. The Morgan fingerprint density at radius 3 is 2.82 bits per heavy atom. The van der Waals surface area contributed by atoms with Crippen molar-refractivity contribution in [3.63, 3.8) is 0 Å². The van der Waals surface area contributed by atoms with E-state index in [4.69, 9.17) is 11.6 Å². The smallest absolute Gasteiger partial charge is 0.138 e. The molecule has 0 spiro atoms. The van der Waals surface area contributed by atoms with Crippen molar-refractivity contribution in [2.75, 3.05) is 0 Å². The summed E-state index contributed by atoms with van der Waals surface area (Å²) in [5.41, 5.74) is 1.80. The second-order valence-electron chi connectivity index (χ2n) is 3.72. The molecule has 1 aromatic carbocycles. The quantitative estimate of drug-likeness (QED) is 0.639. The Hall–Kier alpha value is -1.87. The highest BCUT2D eigenvalue weighted by molar-refractivity contribution is 6.30. The average Bonchev–Trinajstić information content (AvgIpc) is 2.72. The van der Waals surface area contributed by atoms with Gasteiger partial charge in [0.15, 0.2) is 0 Å². The summed E-state index contributed by atoms with van der Waals surface area (Å²) in [4.78, 5) is 4.34. The van der Waals surface area contributed by atoms with Crippen molar-refractivity contribution >= 4 is 17.2 Å². The van der Waals surface area contributed by atoms with Crippen LogP contribution in [0.3, 0.4) is 0 Å². The minimum atomic E-state index is -0.276. The zero-order chi connectivity index (χ0) is 11.8. The number of fused-ring (bicyclic) bond motifs is 1. The van der Waals surface area contributed by atoms with E-state index < -0.39 is 0 Å². The van der Waals surface area contributed by atoms with Crippen molar-refractivity contribution < 1.29 is 4.39 Å². The maximum absolute atomic E-state index is 13.6. The number of hydrogen-bond acceptors (Lipinski definition) is 1. The Morgan fingerprint density at radius 2 is 2.00 bits per heavy atom. The van der Waals surface area contributed by atoms with Gasteiger partial charge in [0.05, 0.1) is 5.69 Å². The van der Waals surface area contributed by atoms with Crippen LogP contribution in [0, 0.1) is 5.82 Å². The van der Waals surface area contributed by atoms with Gasteiger partial charge < -0.3 is 4.40 Å². The lowest BCUT2D eigenvalue weighted by molar-refractivity contribution is 0.631. The van der Waals surface area contributed by atoms with E-state index in [-0.39, 0.29) is 5.82 Å². The Labute approximate surface area is 102 Å². The van der Waals surface area contributed by atoms with Gasteiger partial charge in [-0.2, -0.15) is 0 Å². The van der Waals surface area contributed by atoms with Crippen molar-refractivity contribution in [1.82, 2.24) is 9.38 Å². The van der Waals surface area contributed by atoms with Crippen LogP contribution in [-0.4, -0.2) is 9.38 Å². The normalized spacial score (nSPS) is 10.9. The van der Waals surface area contributed by atoms with Crippen LogP contribution >= 0.6 is 11.6 Å². The molecule has 0 atom stereocenters. The number of hydrogen-bond donors (Lipinski definition) is 0. The van der Waals surface area contributed by atoms with Gasteiger partial charge in [-0.1, -0.05) is 23.7 Å². The van der Waals surface area contributed by atoms with Gasteiger partial charge in [-0.3, -0.25) is 0 Å². The molecule has 0 radical (unpaired) electrons. The monoisotopic (exact) mass is 246 g/mol. The van der Waals surface area contributed by atoms with E-state index in [2.05, 4.69) is 4.98 Å². The van der Waals surface area contributed by atoms with E-state index in [1.54, 1.807) is 42.7 Å². The van der Waals surface area contributed by atoms with Gasteiger partial charge in [0, 0.05) is 29.0 Å². The second kappa shape index (κ2) is 3.86. The molecule has 17 heavy (non-hydrogen) atoms. The lowest BCUT2D eigenvalue weighted by Gasteiger charge is -1.96. The fraction of sp³-hybridized carbons (Fsp3) is 0. The Kier molecular flexibility index (Phi) is 2.34. The topological polar surface area (TPSA) is 17.3 Å². The molecule has 0 bridgehead atoms. The van der Waals surface area contributed by atoms with Gasteiger partial charge in [0.1, 0.15) is 11.5 Å². The van der Waals surface area contributed by atoms with Gasteiger partial charge in [-0.25, -0.2) is 9.37 Å². The summed E-state index contributed by atoms with van der Waals surface area (Å²) in [6.45, 7) is 0. The van der Waals surface area contributed by atoms with E-state index in [1.165, 1.54) is 6.07 Å². The predicted molar refractivity (Wildman–Crippen MR) is 65.6 cm³/mol. The molecular weight excluding hydrogens is 239 g/mol. The number of imidazole rings is 1. The minimum absolute atomic E-state index is 0.276. The highest BCUT2D eigenvalue weighted by atomic mass is 35.5. The number of nitrogens with zero attached hydrogens (tertiary/aromatic N) is 2. The van der Waals surface area contributed by atoms with Crippen LogP contribution in [0.2, 0.25) is 5.02 Å². The molecule has 3 rings (SSSR count). The molecule has 0 unspecified atom stereocenters. The Bertz CT molecular complexity index is 691. The van der Waals surface area contributed by atoms with Crippen LogP contribution in [0.1, 0.15) is 0 Å². The third kappa shape index (κ3) is 1.78. The van der Waals surface area contributed by atoms with Gasteiger partial charge in [0.25, 0.3) is 0 Å². The summed E-state index contributed by atoms with van der Waals surface area (Å²) < 4.78 is 15.4. The van der Waals surface area contributed by atoms with Gasteiger partial charge >= 0.3 is 0 Å². The predicted octanol–water partition coefficient (Wildman–Crippen LogP) is 3.79. The van der Waals surface area contributed by atoms with Crippen molar-refractivity contribution in [1.29, 1.82) is 0 Å². The van der Waals surface area contributed by atoms with Crippen molar-refractivity contribution in [3.05, 3.63) is 59.6 Å². The van der Waals surface area contributed by atoms with Crippen molar-refractivity contribution in [2.45, 2.75) is 0 Å². The molecule has 0 fully saturated rings. The lowest BCUT2D eigenvalue weighted by atomic mass is 10.1. The number of aromatic nitrogens is 2. The van der Waals surface area contributed by atoms with E-state index >= 15 is 0 Å². The molecule has 0 aliphatic rings. The second-order valence-corrected chi connectivity index (χ2v) is 4.15. The third-order valence-corrected chi connectivity index (χ3v) is 2.81.